The Balaban J connectivity index is 0.00000220. The van der Waals surface area contributed by atoms with Gasteiger partial charge in [0, 0.05) is 12.1 Å². The Morgan fingerprint density at radius 2 is 1.76 bits per heavy atom. The Kier molecular flexibility index (Phi) is 7.33. The summed E-state index contributed by atoms with van der Waals surface area (Å²) in [7, 11) is 0. The molecule has 0 aliphatic heterocycles. The summed E-state index contributed by atoms with van der Waals surface area (Å²) < 4.78 is 5.79. The van der Waals surface area contributed by atoms with E-state index in [4.69, 9.17) is 33.7 Å². The third-order valence-corrected chi connectivity index (χ3v) is 3.79. The monoisotopic (exact) mass is 345 g/mol. The van der Waals surface area contributed by atoms with Crippen molar-refractivity contribution in [1.29, 1.82) is 0 Å². The number of nitrogens with two attached hydrogens (primary N) is 1. The highest BCUT2D eigenvalue weighted by molar-refractivity contribution is 6.42. The van der Waals surface area contributed by atoms with Crippen molar-refractivity contribution in [2.75, 3.05) is 0 Å². The van der Waals surface area contributed by atoms with Gasteiger partial charge in [0.2, 0.25) is 0 Å². The number of ether oxygens (including phenoxy) is 1. The van der Waals surface area contributed by atoms with Crippen LogP contribution in [-0.4, -0.2) is 6.04 Å². The van der Waals surface area contributed by atoms with E-state index < -0.39 is 0 Å². The zero-order valence-corrected chi connectivity index (χ0v) is 14.0. The Hall–Kier alpha value is -0.930. The van der Waals surface area contributed by atoms with Crippen molar-refractivity contribution >= 4 is 35.6 Å². The molecule has 0 fully saturated rings. The quantitative estimate of drug-likeness (QED) is 0.777. The first kappa shape index (κ1) is 18.1. The highest BCUT2D eigenvalue weighted by Gasteiger charge is 2.05. The molecule has 0 heterocycles. The summed E-state index contributed by atoms with van der Waals surface area (Å²) in [6.45, 7) is 2.08. The second-order valence-corrected chi connectivity index (χ2v) is 5.51. The van der Waals surface area contributed by atoms with E-state index in [1.165, 1.54) is 0 Å². The van der Waals surface area contributed by atoms with Crippen LogP contribution in [0.4, 0.5) is 0 Å². The van der Waals surface area contributed by atoms with Crippen molar-refractivity contribution in [2.45, 2.75) is 25.8 Å². The number of halogens is 3. The number of benzene rings is 2. The van der Waals surface area contributed by atoms with Crippen molar-refractivity contribution in [3.8, 4) is 11.5 Å². The van der Waals surface area contributed by atoms with Gasteiger partial charge in [0.15, 0.2) is 0 Å². The lowest BCUT2D eigenvalue weighted by Gasteiger charge is -2.11. The first-order valence-corrected chi connectivity index (χ1v) is 7.31. The van der Waals surface area contributed by atoms with Crippen LogP contribution in [0.25, 0.3) is 0 Å². The molecule has 5 heteroatoms. The maximum Gasteiger partial charge on any atom is 0.129 e. The molecule has 0 aromatic heterocycles. The molecule has 1 unspecified atom stereocenters. The number of hydrogen-bond donors (Lipinski definition) is 1. The number of hydrogen-bond acceptors (Lipinski definition) is 2. The maximum absolute atomic E-state index is 5.97. The van der Waals surface area contributed by atoms with Crippen LogP contribution < -0.4 is 10.5 Å². The largest absolute Gasteiger partial charge is 0.457 e. The van der Waals surface area contributed by atoms with Crippen LogP contribution in [0, 0.1) is 0 Å². The summed E-state index contributed by atoms with van der Waals surface area (Å²) in [5.74, 6) is 1.43. The van der Waals surface area contributed by atoms with Gasteiger partial charge in [0.05, 0.1) is 10.0 Å². The van der Waals surface area contributed by atoms with Crippen molar-refractivity contribution in [3.05, 3.63) is 58.1 Å². The Bertz CT molecular complexity index is 589. The molecule has 114 valence electrons. The minimum absolute atomic E-state index is 0. The third-order valence-electron chi connectivity index (χ3n) is 3.05. The van der Waals surface area contributed by atoms with Crippen molar-refractivity contribution in [1.82, 2.24) is 0 Å². The van der Waals surface area contributed by atoms with E-state index in [-0.39, 0.29) is 18.4 Å². The summed E-state index contributed by atoms with van der Waals surface area (Å²) in [6, 6.07) is 13.3. The van der Waals surface area contributed by atoms with Crippen LogP contribution in [0.1, 0.15) is 18.9 Å². The molecule has 0 aliphatic rings. The molecule has 0 spiro atoms. The zero-order chi connectivity index (χ0) is 14.5. The van der Waals surface area contributed by atoms with Gasteiger partial charge < -0.3 is 10.5 Å². The maximum atomic E-state index is 5.97. The Morgan fingerprint density at radius 3 is 2.43 bits per heavy atom. The average molecular weight is 347 g/mol. The molecule has 1 atom stereocenters. The fourth-order valence-electron chi connectivity index (χ4n) is 1.86. The van der Waals surface area contributed by atoms with E-state index in [1.807, 2.05) is 18.2 Å². The minimum Gasteiger partial charge on any atom is -0.457 e. The molecule has 0 saturated heterocycles. The first-order chi connectivity index (χ1) is 9.58. The van der Waals surface area contributed by atoms with Crippen LogP contribution in [0.3, 0.4) is 0 Å². The van der Waals surface area contributed by atoms with Gasteiger partial charge >= 0.3 is 0 Å². The smallest absolute Gasteiger partial charge is 0.129 e. The summed E-state index contributed by atoms with van der Waals surface area (Å²) in [5.41, 5.74) is 7.14. The third kappa shape index (κ3) is 5.40. The molecule has 2 rings (SSSR count). The molecule has 0 aliphatic carbocycles. The highest BCUT2D eigenvalue weighted by Crippen LogP contribution is 2.29. The summed E-state index contributed by atoms with van der Waals surface area (Å²) in [5, 5.41) is 0.995. The van der Waals surface area contributed by atoms with Gasteiger partial charge in [0.1, 0.15) is 11.5 Å². The zero-order valence-electron chi connectivity index (χ0n) is 11.7. The average Bonchev–Trinajstić information content (AvgIpc) is 2.43. The fraction of sp³-hybridized carbons (Fsp3) is 0.250. The van der Waals surface area contributed by atoms with Gasteiger partial charge in [-0.15, -0.1) is 12.4 Å². The van der Waals surface area contributed by atoms with Gasteiger partial charge in [-0.2, -0.15) is 0 Å². The van der Waals surface area contributed by atoms with Crippen molar-refractivity contribution < 1.29 is 4.74 Å². The van der Waals surface area contributed by atoms with Gasteiger partial charge in [-0.05, 0) is 42.7 Å². The van der Waals surface area contributed by atoms with Crippen LogP contribution in [-0.2, 0) is 6.42 Å². The number of rotatable bonds is 5. The molecule has 2 aromatic rings. The second kappa shape index (κ2) is 8.50. The lowest BCUT2D eigenvalue weighted by Crippen LogP contribution is -2.21. The van der Waals surface area contributed by atoms with Gasteiger partial charge in [-0.3, -0.25) is 0 Å². The van der Waals surface area contributed by atoms with Crippen LogP contribution in [0.5, 0.6) is 11.5 Å². The molecule has 2 nitrogen and oxygen atoms in total. The Morgan fingerprint density at radius 1 is 1.05 bits per heavy atom. The predicted octanol–water partition coefficient (Wildman–Crippen LogP) is 5.49. The molecule has 21 heavy (non-hydrogen) atoms. The van der Waals surface area contributed by atoms with Crippen LogP contribution >= 0.6 is 35.6 Å². The molecule has 0 amide bonds. The van der Waals surface area contributed by atoms with E-state index >= 15 is 0 Å². The minimum atomic E-state index is 0. The summed E-state index contributed by atoms with van der Waals surface area (Å²) in [6.07, 6.45) is 1.80. The van der Waals surface area contributed by atoms with Crippen LogP contribution in [0.15, 0.2) is 42.5 Å². The SMILES string of the molecule is CCC(N)Cc1cccc(Oc2ccc(Cl)c(Cl)c2)c1.Cl. The van der Waals surface area contributed by atoms with Crippen LogP contribution in [0.2, 0.25) is 10.0 Å². The Labute approximate surface area is 141 Å². The fourth-order valence-corrected chi connectivity index (χ4v) is 2.15. The lowest BCUT2D eigenvalue weighted by molar-refractivity contribution is 0.481. The standard InChI is InChI=1S/C16H17Cl2NO.ClH/c1-2-12(19)8-11-4-3-5-13(9-11)20-14-6-7-15(17)16(18)10-14;/h3-7,9-10,12H,2,8,19H2,1H3;1H. The summed E-state index contributed by atoms with van der Waals surface area (Å²) >= 11 is 11.9. The molecule has 0 bridgehead atoms. The molecule has 2 N–H and O–H groups in total. The van der Waals surface area contributed by atoms with E-state index in [9.17, 15) is 0 Å². The predicted molar refractivity (Wildman–Crippen MR) is 92.2 cm³/mol. The molecular formula is C16H18Cl3NO. The molecule has 2 aromatic carbocycles. The van der Waals surface area contributed by atoms with Gasteiger partial charge in [-0.1, -0.05) is 42.3 Å². The van der Waals surface area contributed by atoms with E-state index in [0.717, 1.165) is 24.2 Å². The lowest BCUT2D eigenvalue weighted by atomic mass is 10.0. The normalized spacial score (nSPS) is 11.6. The molecule has 0 saturated carbocycles. The molecular weight excluding hydrogens is 329 g/mol. The highest BCUT2D eigenvalue weighted by atomic mass is 35.5. The molecule has 0 radical (unpaired) electrons. The topological polar surface area (TPSA) is 35.2 Å². The van der Waals surface area contributed by atoms with Crippen molar-refractivity contribution in [2.24, 2.45) is 5.73 Å². The summed E-state index contributed by atoms with van der Waals surface area (Å²) in [4.78, 5) is 0. The van der Waals surface area contributed by atoms with Gasteiger partial charge in [-0.25, -0.2) is 0 Å². The second-order valence-electron chi connectivity index (χ2n) is 4.70. The van der Waals surface area contributed by atoms with Gasteiger partial charge in [0.25, 0.3) is 0 Å². The van der Waals surface area contributed by atoms with E-state index in [0.29, 0.717) is 15.8 Å². The van der Waals surface area contributed by atoms with E-state index in [2.05, 4.69) is 13.0 Å². The first-order valence-electron chi connectivity index (χ1n) is 6.56. The van der Waals surface area contributed by atoms with E-state index in [1.54, 1.807) is 18.2 Å². The van der Waals surface area contributed by atoms with Crippen molar-refractivity contribution in [3.63, 3.8) is 0 Å².